The number of fused-ring (bicyclic) bond motifs is 3. The zero-order valence-corrected chi connectivity index (χ0v) is 16.8. The molecule has 31 heavy (non-hydrogen) atoms. The second-order valence-corrected chi connectivity index (χ2v) is 8.24. The number of hydrogen-bond donors (Lipinski definition) is 2. The number of likely N-dealkylation sites (tertiary alicyclic amines) is 1. The first-order chi connectivity index (χ1) is 14.8. The number of aromatic hydroxyl groups is 1. The predicted octanol–water partition coefficient (Wildman–Crippen LogP) is 3.68. The molecule has 2 atom stereocenters. The van der Waals surface area contributed by atoms with E-state index in [9.17, 15) is 23.5 Å². The lowest BCUT2D eigenvalue weighted by Crippen LogP contribution is -2.39. The van der Waals surface area contributed by atoms with Gasteiger partial charge in [0.05, 0.1) is 18.0 Å². The number of carbonyl (C=O) groups excluding carboxylic acids is 1. The predicted molar refractivity (Wildman–Crippen MR) is 113 cm³/mol. The number of amides is 1. The summed E-state index contributed by atoms with van der Waals surface area (Å²) in [7, 11) is 0. The van der Waals surface area contributed by atoms with Crippen molar-refractivity contribution in [3.8, 4) is 5.75 Å². The van der Waals surface area contributed by atoms with Crippen LogP contribution in [0.25, 0.3) is 16.5 Å². The molecule has 1 fully saturated rings. The third kappa shape index (κ3) is 3.12. The van der Waals surface area contributed by atoms with Crippen molar-refractivity contribution in [2.75, 3.05) is 6.54 Å². The van der Waals surface area contributed by atoms with Gasteiger partial charge >= 0.3 is 0 Å². The summed E-state index contributed by atoms with van der Waals surface area (Å²) in [5.74, 6) is -1.84. The third-order valence-corrected chi connectivity index (χ3v) is 6.40. The Morgan fingerprint density at radius 1 is 1.19 bits per heavy atom. The summed E-state index contributed by atoms with van der Waals surface area (Å²) in [6, 6.07) is 9.05. The maximum absolute atomic E-state index is 14.4. The highest BCUT2D eigenvalue weighted by Crippen LogP contribution is 2.42. The number of H-pyrrole nitrogens is 1. The number of nitrogens with one attached hydrogen (secondary N) is 1. The van der Waals surface area contributed by atoms with Gasteiger partial charge in [-0.05, 0) is 60.2 Å². The van der Waals surface area contributed by atoms with Crippen molar-refractivity contribution in [2.45, 2.75) is 25.8 Å². The zero-order chi connectivity index (χ0) is 21.9. The number of rotatable bonds is 3. The van der Waals surface area contributed by atoms with Crippen molar-refractivity contribution < 1.29 is 18.7 Å². The fourth-order valence-corrected chi connectivity index (χ4v) is 4.87. The highest BCUT2D eigenvalue weighted by atomic mass is 19.2. The maximum Gasteiger partial charge on any atom is 0.252 e. The molecule has 5 nitrogen and oxygen atoms in total. The van der Waals surface area contributed by atoms with Crippen LogP contribution in [0.4, 0.5) is 8.78 Å². The molecule has 5 rings (SSSR count). The number of aryl methyl sites for hydroxylation is 1. The van der Waals surface area contributed by atoms with Crippen molar-refractivity contribution >= 4 is 22.4 Å². The van der Waals surface area contributed by atoms with Crippen molar-refractivity contribution in [1.82, 2.24) is 9.88 Å². The first-order valence-electron chi connectivity index (χ1n) is 10.1. The number of pyridine rings is 1. The Hall–Kier alpha value is -3.48. The number of carbonyl (C=O) groups is 1. The molecule has 3 aromatic rings. The summed E-state index contributed by atoms with van der Waals surface area (Å²) < 4.78 is 28.1. The monoisotopic (exact) mass is 422 g/mol. The fraction of sp³-hybridized carbons (Fsp3) is 0.250. The summed E-state index contributed by atoms with van der Waals surface area (Å²) in [5.41, 5.74) is 2.14. The van der Waals surface area contributed by atoms with Crippen LogP contribution in [0.5, 0.6) is 5.75 Å². The summed E-state index contributed by atoms with van der Waals surface area (Å²) in [6.45, 7) is 2.11. The minimum atomic E-state index is -1.03. The minimum absolute atomic E-state index is 0.00461. The Labute approximate surface area is 176 Å². The molecular formula is C24H20F2N2O3. The molecule has 158 valence electrons. The molecule has 2 aromatic carbocycles. The number of benzene rings is 2. The number of hydrogen-bond acceptors (Lipinski definition) is 3. The van der Waals surface area contributed by atoms with Gasteiger partial charge in [-0.3, -0.25) is 9.59 Å². The molecule has 2 heterocycles. The number of halogens is 2. The molecule has 1 aliphatic carbocycles. The summed E-state index contributed by atoms with van der Waals surface area (Å²) in [5, 5.41) is 9.53. The first kappa shape index (κ1) is 19.5. The zero-order valence-electron chi connectivity index (χ0n) is 16.8. The van der Waals surface area contributed by atoms with Crippen LogP contribution >= 0.6 is 0 Å². The van der Waals surface area contributed by atoms with E-state index in [2.05, 4.69) is 11.1 Å². The largest absolute Gasteiger partial charge is 0.508 e. The van der Waals surface area contributed by atoms with E-state index in [0.29, 0.717) is 6.54 Å². The normalized spacial score (nSPS) is 19.8. The number of phenolic OH excluding ortho intramolecular Hbond substituents is 1. The van der Waals surface area contributed by atoms with Crippen molar-refractivity contribution in [1.29, 1.82) is 0 Å². The Kier molecular flexibility index (Phi) is 4.43. The van der Waals surface area contributed by atoms with Crippen molar-refractivity contribution in [3.63, 3.8) is 0 Å². The molecule has 7 heteroatoms. The Balaban J connectivity index is 1.45. The molecule has 1 aromatic heterocycles. The van der Waals surface area contributed by atoms with Gasteiger partial charge in [0.2, 0.25) is 5.91 Å². The van der Waals surface area contributed by atoms with Crippen LogP contribution in [0.3, 0.4) is 0 Å². The summed E-state index contributed by atoms with van der Waals surface area (Å²) in [6.07, 6.45) is 2.79. The van der Waals surface area contributed by atoms with E-state index in [4.69, 9.17) is 0 Å². The fourth-order valence-electron chi connectivity index (χ4n) is 4.87. The molecule has 1 saturated heterocycles. The van der Waals surface area contributed by atoms with Gasteiger partial charge in [-0.1, -0.05) is 18.2 Å². The van der Waals surface area contributed by atoms with Gasteiger partial charge in [-0.2, -0.15) is 0 Å². The van der Waals surface area contributed by atoms with Gasteiger partial charge in [0, 0.05) is 17.5 Å². The lowest BCUT2D eigenvalue weighted by atomic mass is 9.98. The topological polar surface area (TPSA) is 73.4 Å². The Bertz CT molecular complexity index is 1310. The van der Waals surface area contributed by atoms with E-state index in [0.717, 1.165) is 23.6 Å². The minimum Gasteiger partial charge on any atom is -0.508 e. The standard InChI is InChI=1S/C24H20F2N2O3/c1-12-16(24(31)27-19-7-6-18(25)23(26)22(12)19)10-21(30)28-11-13-8-17(20(28)9-13)14-2-4-15(29)5-3-14/h2-8,13,20,29H,9-11H2,1H3,(H,27,31)/t13-,20-/m0/s1. The van der Waals surface area contributed by atoms with Gasteiger partial charge < -0.3 is 15.0 Å². The van der Waals surface area contributed by atoms with Gasteiger partial charge in [0.25, 0.3) is 5.56 Å². The lowest BCUT2D eigenvalue weighted by molar-refractivity contribution is -0.130. The Morgan fingerprint density at radius 2 is 1.94 bits per heavy atom. The van der Waals surface area contributed by atoms with Crippen LogP contribution in [0.1, 0.15) is 23.1 Å². The molecule has 0 radical (unpaired) electrons. The molecular weight excluding hydrogens is 402 g/mol. The average Bonchev–Trinajstić information content (AvgIpc) is 3.35. The Morgan fingerprint density at radius 3 is 2.65 bits per heavy atom. The van der Waals surface area contributed by atoms with E-state index in [1.54, 1.807) is 24.0 Å². The smallest absolute Gasteiger partial charge is 0.252 e. The van der Waals surface area contributed by atoms with Crippen LogP contribution in [0, 0.1) is 24.5 Å². The van der Waals surface area contributed by atoms with Gasteiger partial charge in [-0.15, -0.1) is 0 Å². The molecule has 1 amide bonds. The number of aromatic nitrogens is 1. The van der Waals surface area contributed by atoms with E-state index in [1.165, 1.54) is 6.07 Å². The van der Waals surface area contributed by atoms with Gasteiger partial charge in [0.1, 0.15) is 5.75 Å². The molecule has 2 bridgehead atoms. The van der Waals surface area contributed by atoms with E-state index >= 15 is 0 Å². The molecule has 0 saturated carbocycles. The van der Waals surface area contributed by atoms with E-state index < -0.39 is 17.2 Å². The maximum atomic E-state index is 14.4. The van der Waals surface area contributed by atoms with Crippen molar-refractivity contribution in [3.05, 3.63) is 81.2 Å². The van der Waals surface area contributed by atoms with Crippen LogP contribution in [-0.4, -0.2) is 33.5 Å². The highest BCUT2D eigenvalue weighted by molar-refractivity contribution is 5.88. The van der Waals surface area contributed by atoms with Crippen LogP contribution in [0.15, 0.2) is 47.3 Å². The van der Waals surface area contributed by atoms with E-state index in [-0.39, 0.29) is 52.1 Å². The van der Waals surface area contributed by atoms with Crippen LogP contribution < -0.4 is 5.56 Å². The summed E-state index contributed by atoms with van der Waals surface area (Å²) in [4.78, 5) is 30.1. The van der Waals surface area contributed by atoms with Crippen LogP contribution in [-0.2, 0) is 11.2 Å². The molecule has 2 aliphatic rings. The van der Waals surface area contributed by atoms with Crippen molar-refractivity contribution in [2.24, 2.45) is 5.92 Å². The van der Waals surface area contributed by atoms with E-state index in [1.807, 2.05) is 12.1 Å². The molecule has 2 N–H and O–H groups in total. The number of nitrogens with zero attached hydrogens (tertiary/aromatic N) is 1. The molecule has 0 unspecified atom stereocenters. The second kappa shape index (κ2) is 7.04. The quantitative estimate of drug-likeness (QED) is 0.676. The number of aromatic amines is 1. The molecule has 1 aliphatic heterocycles. The van der Waals surface area contributed by atoms with Gasteiger partial charge in [0.15, 0.2) is 11.6 Å². The highest BCUT2D eigenvalue weighted by Gasteiger charge is 2.42. The molecule has 0 spiro atoms. The lowest BCUT2D eigenvalue weighted by Gasteiger charge is -2.29. The summed E-state index contributed by atoms with van der Waals surface area (Å²) >= 11 is 0. The average molecular weight is 422 g/mol. The first-order valence-corrected chi connectivity index (χ1v) is 10.1. The third-order valence-electron chi connectivity index (χ3n) is 6.40. The van der Waals surface area contributed by atoms with Gasteiger partial charge in [-0.25, -0.2) is 8.78 Å². The van der Waals surface area contributed by atoms with Crippen LogP contribution in [0.2, 0.25) is 0 Å². The number of phenols is 1. The SMILES string of the molecule is Cc1c(CC(=O)N2C[C@H]3C=C(c4ccc(O)cc4)[C@@H]2C3)c(=O)[nH]c2ccc(F)c(F)c12. The second-order valence-electron chi connectivity index (χ2n) is 8.24.